The molecule has 0 spiro atoms. The van der Waals surface area contributed by atoms with Crippen molar-refractivity contribution in [2.45, 2.75) is 12.5 Å². The zero-order valence-corrected chi connectivity index (χ0v) is 8.07. The van der Waals surface area contributed by atoms with E-state index in [4.69, 9.17) is 10.8 Å². The van der Waals surface area contributed by atoms with Crippen LogP contribution in [-0.2, 0) is 0 Å². The van der Waals surface area contributed by atoms with Gasteiger partial charge in [-0.3, -0.25) is 4.98 Å². The van der Waals surface area contributed by atoms with Crippen LogP contribution < -0.4 is 11.1 Å². The van der Waals surface area contributed by atoms with Crippen LogP contribution in [0.15, 0.2) is 18.5 Å². The molecule has 5 nitrogen and oxygen atoms in total. The van der Waals surface area contributed by atoms with Crippen molar-refractivity contribution >= 4 is 11.4 Å². The molecule has 1 heterocycles. The van der Waals surface area contributed by atoms with E-state index in [0.717, 1.165) is 0 Å². The first kappa shape index (κ1) is 10.7. The van der Waals surface area contributed by atoms with Crippen LogP contribution in [0.4, 0.5) is 11.4 Å². The Labute approximate surface area is 82.6 Å². The van der Waals surface area contributed by atoms with Gasteiger partial charge in [0, 0.05) is 12.7 Å². The predicted molar refractivity (Wildman–Crippen MR) is 54.8 cm³/mol. The number of hydrogen-bond donors (Lipinski definition) is 4. The molecule has 0 aliphatic carbocycles. The molecule has 1 aromatic heterocycles. The Morgan fingerprint density at radius 3 is 2.93 bits per heavy atom. The van der Waals surface area contributed by atoms with Crippen molar-refractivity contribution in [3.05, 3.63) is 18.5 Å². The third-order valence-corrected chi connectivity index (χ3v) is 1.85. The fraction of sp³-hybridized carbons (Fsp3) is 0.444. The highest BCUT2D eigenvalue weighted by atomic mass is 16.3. The van der Waals surface area contributed by atoms with Gasteiger partial charge in [-0.05, 0) is 13.0 Å². The summed E-state index contributed by atoms with van der Waals surface area (Å²) in [5.41, 5.74) is 5.70. The standard InChI is InChI=1S/C9H15N3O2/c1-9(14,6-13)5-12-8-2-3-11-4-7(8)10/h2-4,13-14H,5-6,10H2,1H3,(H,11,12). The van der Waals surface area contributed by atoms with E-state index >= 15 is 0 Å². The van der Waals surface area contributed by atoms with E-state index in [1.54, 1.807) is 12.3 Å². The highest BCUT2D eigenvalue weighted by molar-refractivity contribution is 5.64. The maximum Gasteiger partial charge on any atom is 0.102 e. The highest BCUT2D eigenvalue weighted by Gasteiger charge is 2.18. The maximum absolute atomic E-state index is 9.51. The maximum atomic E-state index is 9.51. The van der Waals surface area contributed by atoms with Crippen LogP contribution in [0.25, 0.3) is 0 Å². The minimum absolute atomic E-state index is 0.234. The third kappa shape index (κ3) is 2.86. The Morgan fingerprint density at radius 1 is 1.64 bits per heavy atom. The molecule has 0 saturated heterocycles. The molecular weight excluding hydrogens is 182 g/mol. The number of nitrogens with one attached hydrogen (secondary N) is 1. The molecule has 14 heavy (non-hydrogen) atoms. The summed E-state index contributed by atoms with van der Waals surface area (Å²) in [4.78, 5) is 3.83. The Bertz CT molecular complexity index is 302. The van der Waals surface area contributed by atoms with Crippen molar-refractivity contribution in [3.8, 4) is 0 Å². The van der Waals surface area contributed by atoms with E-state index in [0.29, 0.717) is 11.4 Å². The summed E-state index contributed by atoms with van der Waals surface area (Å²) in [5.74, 6) is 0. The van der Waals surface area contributed by atoms with Crippen LogP contribution in [0.2, 0.25) is 0 Å². The smallest absolute Gasteiger partial charge is 0.102 e. The Hall–Kier alpha value is -1.33. The Balaban J connectivity index is 2.58. The minimum atomic E-state index is -1.14. The summed E-state index contributed by atoms with van der Waals surface area (Å²) >= 11 is 0. The van der Waals surface area contributed by atoms with Gasteiger partial charge >= 0.3 is 0 Å². The lowest BCUT2D eigenvalue weighted by Crippen LogP contribution is -2.37. The van der Waals surface area contributed by atoms with Gasteiger partial charge in [0.2, 0.25) is 0 Å². The van der Waals surface area contributed by atoms with Crippen molar-refractivity contribution < 1.29 is 10.2 Å². The molecule has 1 aromatic rings. The molecule has 0 amide bonds. The van der Waals surface area contributed by atoms with Gasteiger partial charge in [0.25, 0.3) is 0 Å². The lowest BCUT2D eigenvalue weighted by Gasteiger charge is -2.21. The van der Waals surface area contributed by atoms with Gasteiger partial charge in [0.15, 0.2) is 0 Å². The molecule has 0 bridgehead atoms. The SMILES string of the molecule is CC(O)(CO)CNc1ccncc1N. The fourth-order valence-electron chi connectivity index (χ4n) is 0.909. The number of nitrogens with two attached hydrogens (primary N) is 1. The van der Waals surface area contributed by atoms with Crippen LogP contribution >= 0.6 is 0 Å². The monoisotopic (exact) mass is 197 g/mol. The van der Waals surface area contributed by atoms with Gasteiger partial charge < -0.3 is 21.3 Å². The average molecular weight is 197 g/mol. The topological polar surface area (TPSA) is 91.4 Å². The molecule has 0 saturated carbocycles. The summed E-state index contributed by atoms with van der Waals surface area (Å²) in [5, 5.41) is 21.2. The highest BCUT2D eigenvalue weighted by Crippen LogP contribution is 2.16. The Kier molecular flexibility index (Phi) is 3.27. The fourth-order valence-corrected chi connectivity index (χ4v) is 0.909. The average Bonchev–Trinajstić information content (AvgIpc) is 2.17. The molecule has 78 valence electrons. The largest absolute Gasteiger partial charge is 0.396 e. The summed E-state index contributed by atoms with van der Waals surface area (Å²) < 4.78 is 0. The normalized spacial score (nSPS) is 14.8. The molecule has 0 aliphatic heterocycles. The van der Waals surface area contributed by atoms with E-state index in [2.05, 4.69) is 10.3 Å². The second-order valence-corrected chi connectivity index (χ2v) is 3.47. The summed E-state index contributed by atoms with van der Waals surface area (Å²) in [7, 11) is 0. The van der Waals surface area contributed by atoms with Gasteiger partial charge in [-0.2, -0.15) is 0 Å². The minimum Gasteiger partial charge on any atom is -0.396 e. The number of nitrogen functional groups attached to an aromatic ring is 1. The van der Waals surface area contributed by atoms with Gasteiger partial charge in [-0.15, -0.1) is 0 Å². The Morgan fingerprint density at radius 2 is 2.36 bits per heavy atom. The number of aliphatic hydroxyl groups excluding tert-OH is 1. The van der Waals surface area contributed by atoms with Gasteiger partial charge in [-0.25, -0.2) is 0 Å². The summed E-state index contributed by atoms with van der Waals surface area (Å²) in [6, 6.07) is 1.71. The molecule has 1 atom stereocenters. The van der Waals surface area contributed by atoms with E-state index in [1.807, 2.05) is 0 Å². The van der Waals surface area contributed by atoms with Crippen LogP contribution in [0.3, 0.4) is 0 Å². The second kappa shape index (κ2) is 4.26. The molecule has 0 radical (unpaired) electrons. The molecule has 5 N–H and O–H groups in total. The van der Waals surface area contributed by atoms with Crippen molar-refractivity contribution in [1.82, 2.24) is 4.98 Å². The first-order valence-electron chi connectivity index (χ1n) is 4.32. The van der Waals surface area contributed by atoms with E-state index in [1.165, 1.54) is 13.1 Å². The lowest BCUT2D eigenvalue weighted by atomic mass is 10.1. The van der Waals surface area contributed by atoms with Gasteiger partial charge in [0.05, 0.1) is 24.2 Å². The molecule has 0 fully saturated rings. The van der Waals surface area contributed by atoms with E-state index in [9.17, 15) is 5.11 Å². The number of rotatable bonds is 4. The molecular formula is C9H15N3O2. The van der Waals surface area contributed by atoms with Crippen LogP contribution in [0.5, 0.6) is 0 Å². The zero-order chi connectivity index (χ0) is 10.6. The third-order valence-electron chi connectivity index (χ3n) is 1.85. The van der Waals surface area contributed by atoms with E-state index < -0.39 is 5.60 Å². The zero-order valence-electron chi connectivity index (χ0n) is 8.07. The first-order chi connectivity index (χ1) is 6.55. The van der Waals surface area contributed by atoms with E-state index in [-0.39, 0.29) is 13.2 Å². The molecule has 0 aromatic carbocycles. The number of pyridine rings is 1. The van der Waals surface area contributed by atoms with Crippen molar-refractivity contribution in [2.75, 3.05) is 24.2 Å². The number of nitrogens with zero attached hydrogens (tertiary/aromatic N) is 1. The van der Waals surface area contributed by atoms with Crippen molar-refractivity contribution in [2.24, 2.45) is 0 Å². The molecule has 1 unspecified atom stereocenters. The number of hydrogen-bond acceptors (Lipinski definition) is 5. The predicted octanol–water partition coefficient (Wildman–Crippen LogP) is -0.181. The molecule has 1 rings (SSSR count). The second-order valence-electron chi connectivity index (χ2n) is 3.47. The first-order valence-corrected chi connectivity index (χ1v) is 4.32. The number of aromatic nitrogens is 1. The van der Waals surface area contributed by atoms with Gasteiger partial charge in [0.1, 0.15) is 5.60 Å². The van der Waals surface area contributed by atoms with Crippen LogP contribution in [-0.4, -0.2) is 33.9 Å². The lowest BCUT2D eigenvalue weighted by molar-refractivity contribution is 0.0132. The van der Waals surface area contributed by atoms with Crippen molar-refractivity contribution in [1.29, 1.82) is 0 Å². The molecule has 5 heteroatoms. The number of anilines is 2. The van der Waals surface area contributed by atoms with Crippen LogP contribution in [0, 0.1) is 0 Å². The molecule has 0 aliphatic rings. The quantitative estimate of drug-likeness (QED) is 0.537. The van der Waals surface area contributed by atoms with Crippen LogP contribution in [0.1, 0.15) is 6.92 Å². The summed E-state index contributed by atoms with van der Waals surface area (Å²) in [6.45, 7) is 1.47. The van der Waals surface area contributed by atoms with Crippen molar-refractivity contribution in [3.63, 3.8) is 0 Å². The summed E-state index contributed by atoms with van der Waals surface area (Å²) in [6.07, 6.45) is 3.13. The number of aliphatic hydroxyl groups is 2. The van der Waals surface area contributed by atoms with Gasteiger partial charge in [-0.1, -0.05) is 0 Å².